The van der Waals surface area contributed by atoms with E-state index in [0.717, 1.165) is 6.42 Å². The Kier molecular flexibility index (Phi) is 1.79. The summed E-state index contributed by atoms with van der Waals surface area (Å²) in [7, 11) is 0. The molecule has 2 atom stereocenters. The summed E-state index contributed by atoms with van der Waals surface area (Å²) in [5.41, 5.74) is 1.09. The van der Waals surface area contributed by atoms with E-state index < -0.39 is 16.8 Å². The van der Waals surface area contributed by atoms with Crippen molar-refractivity contribution in [2.24, 2.45) is 16.2 Å². The van der Waals surface area contributed by atoms with Crippen LogP contribution in [0.15, 0.2) is 11.8 Å². The van der Waals surface area contributed by atoms with Gasteiger partial charge in [-0.3, -0.25) is 10.7 Å². The van der Waals surface area contributed by atoms with Crippen LogP contribution >= 0.6 is 0 Å². The van der Waals surface area contributed by atoms with Crippen LogP contribution in [0, 0.1) is 16.2 Å². The number of hydrogen-bond donors (Lipinski definition) is 2. The van der Waals surface area contributed by atoms with Crippen molar-refractivity contribution >= 4 is 5.97 Å². The highest BCUT2D eigenvalue weighted by atomic mass is 16.5. The molecule has 84 valence electrons. The average molecular weight is 210 g/mol. The van der Waals surface area contributed by atoms with Crippen molar-refractivity contribution in [2.45, 2.75) is 33.6 Å². The minimum absolute atomic E-state index is 0.304. The van der Waals surface area contributed by atoms with E-state index >= 15 is 0 Å². The second-order valence-corrected chi connectivity index (χ2v) is 5.39. The van der Waals surface area contributed by atoms with Gasteiger partial charge in [-0.1, -0.05) is 26.8 Å². The number of carbonyl (C=O) groups excluding carboxylic acids is 1. The lowest BCUT2D eigenvalue weighted by atomic mass is 9.63. The molecule has 0 aromatic carbocycles. The van der Waals surface area contributed by atoms with Gasteiger partial charge in [0.2, 0.25) is 0 Å². The van der Waals surface area contributed by atoms with Crippen molar-refractivity contribution in [3.8, 4) is 0 Å². The molecule has 2 aliphatic rings. The zero-order valence-corrected chi connectivity index (χ0v) is 9.26. The van der Waals surface area contributed by atoms with Gasteiger partial charge in [-0.05, 0) is 18.3 Å². The number of hydrogen-bond acceptors (Lipinski definition) is 4. The summed E-state index contributed by atoms with van der Waals surface area (Å²) >= 11 is 0. The van der Waals surface area contributed by atoms with Gasteiger partial charge in [-0.15, -0.1) is 0 Å². The van der Waals surface area contributed by atoms with Gasteiger partial charge >= 0.3 is 0 Å². The van der Waals surface area contributed by atoms with E-state index in [2.05, 4.69) is 5.48 Å². The molecule has 2 rings (SSSR count). The maximum Gasteiger partial charge on any atom is 0.0520 e. The first-order valence-electron chi connectivity index (χ1n) is 5.17. The fourth-order valence-electron chi connectivity index (χ4n) is 3.27. The standard InChI is InChI=1S/C11H17NO3/c1-9(2)10(3)4-5-11(9,8(13)14)6-7(10)12-15/h6,12,15H,4-5H2,1-3H3,(H,13,14)/p-1. The summed E-state index contributed by atoms with van der Waals surface area (Å²) in [6.07, 6.45) is 2.98. The molecular formula is C11H16NO3-. The highest BCUT2D eigenvalue weighted by Crippen LogP contribution is 2.70. The monoisotopic (exact) mass is 210 g/mol. The molecule has 2 unspecified atom stereocenters. The number of fused-ring (bicyclic) bond motifs is 2. The Morgan fingerprint density at radius 3 is 2.40 bits per heavy atom. The molecule has 2 N–H and O–H groups in total. The van der Waals surface area contributed by atoms with Crippen molar-refractivity contribution in [3.63, 3.8) is 0 Å². The van der Waals surface area contributed by atoms with Gasteiger partial charge in [0.15, 0.2) is 0 Å². The van der Waals surface area contributed by atoms with Crippen molar-refractivity contribution in [2.75, 3.05) is 0 Å². The first-order valence-corrected chi connectivity index (χ1v) is 5.17. The van der Waals surface area contributed by atoms with Crippen molar-refractivity contribution in [1.82, 2.24) is 5.48 Å². The van der Waals surface area contributed by atoms with Crippen LogP contribution in [-0.2, 0) is 4.79 Å². The van der Waals surface area contributed by atoms with Gasteiger partial charge in [0.25, 0.3) is 0 Å². The van der Waals surface area contributed by atoms with Crippen LogP contribution in [0.4, 0.5) is 0 Å². The number of allylic oxidation sites excluding steroid dienone is 1. The Balaban J connectivity index is 2.61. The number of carbonyl (C=O) groups is 1. The summed E-state index contributed by atoms with van der Waals surface area (Å²) in [4.78, 5) is 11.3. The second-order valence-electron chi connectivity index (χ2n) is 5.39. The Morgan fingerprint density at radius 1 is 1.47 bits per heavy atom. The molecule has 0 spiro atoms. The molecule has 4 heteroatoms. The predicted octanol–water partition coefficient (Wildman–Crippen LogP) is 0.425. The van der Waals surface area contributed by atoms with E-state index in [1.807, 2.05) is 20.8 Å². The largest absolute Gasteiger partial charge is 0.549 e. The number of carboxylic acid groups (broad SMARTS) is 1. The average Bonchev–Trinajstić information content (AvgIpc) is 2.46. The Hall–Kier alpha value is -1.03. The SMILES string of the molecule is CC12CCC(C(=O)[O-])(C=C1NO)C2(C)C. The van der Waals surface area contributed by atoms with Crippen molar-refractivity contribution < 1.29 is 15.1 Å². The Morgan fingerprint density at radius 2 is 2.07 bits per heavy atom. The fraction of sp³-hybridized carbons (Fsp3) is 0.727. The summed E-state index contributed by atoms with van der Waals surface area (Å²) in [6, 6.07) is 0. The number of hydroxylamine groups is 1. The molecule has 15 heavy (non-hydrogen) atoms. The van der Waals surface area contributed by atoms with E-state index in [0.29, 0.717) is 12.1 Å². The Bertz CT molecular complexity index is 361. The van der Waals surface area contributed by atoms with Gasteiger partial charge in [0.05, 0.1) is 5.97 Å². The Labute approximate surface area is 88.9 Å². The molecule has 4 nitrogen and oxygen atoms in total. The highest BCUT2D eigenvalue weighted by molar-refractivity contribution is 5.79. The predicted molar refractivity (Wildman–Crippen MR) is 51.6 cm³/mol. The van der Waals surface area contributed by atoms with E-state index in [4.69, 9.17) is 5.21 Å². The fourth-order valence-corrected chi connectivity index (χ4v) is 3.27. The first-order chi connectivity index (χ1) is 6.82. The molecule has 0 aliphatic heterocycles. The van der Waals surface area contributed by atoms with Gasteiger partial charge in [-0.25, -0.2) is 0 Å². The molecule has 0 amide bonds. The van der Waals surface area contributed by atoms with Crippen LogP contribution in [0.25, 0.3) is 0 Å². The molecule has 0 aromatic heterocycles. The van der Waals surface area contributed by atoms with Crippen LogP contribution < -0.4 is 10.6 Å². The maximum atomic E-state index is 11.3. The lowest BCUT2D eigenvalue weighted by Crippen LogP contribution is -2.48. The molecule has 0 saturated heterocycles. The number of nitrogens with one attached hydrogen (secondary N) is 1. The van der Waals surface area contributed by atoms with Gasteiger partial charge in [-0.2, -0.15) is 0 Å². The summed E-state index contributed by atoms with van der Waals surface area (Å²) in [5.74, 6) is -1.04. The van der Waals surface area contributed by atoms with Crippen molar-refractivity contribution in [3.05, 3.63) is 11.8 Å². The van der Waals surface area contributed by atoms with E-state index in [1.165, 1.54) is 0 Å². The third kappa shape index (κ3) is 0.845. The smallest absolute Gasteiger partial charge is 0.0520 e. The summed E-state index contributed by atoms with van der Waals surface area (Å²) in [5, 5.41) is 20.4. The number of carboxylic acids is 1. The first kappa shape index (κ1) is 10.5. The molecule has 0 radical (unpaired) electrons. The molecule has 0 heterocycles. The normalized spacial score (nSPS) is 41.5. The lowest BCUT2D eigenvalue weighted by Gasteiger charge is -2.42. The van der Waals surface area contributed by atoms with Crippen LogP contribution in [-0.4, -0.2) is 11.2 Å². The third-order valence-electron chi connectivity index (χ3n) is 4.98. The molecule has 1 saturated carbocycles. The third-order valence-corrected chi connectivity index (χ3v) is 4.98. The van der Waals surface area contributed by atoms with Crippen LogP contribution in [0.5, 0.6) is 0 Å². The van der Waals surface area contributed by atoms with Crippen LogP contribution in [0.3, 0.4) is 0 Å². The number of aliphatic carboxylic acids is 1. The summed E-state index contributed by atoms with van der Waals surface area (Å²) < 4.78 is 0. The molecule has 1 fully saturated rings. The van der Waals surface area contributed by atoms with E-state index in [-0.39, 0.29) is 5.41 Å². The van der Waals surface area contributed by atoms with Gasteiger partial charge in [0.1, 0.15) is 0 Å². The van der Waals surface area contributed by atoms with E-state index in [9.17, 15) is 9.90 Å². The second kappa shape index (κ2) is 2.55. The lowest BCUT2D eigenvalue weighted by molar-refractivity contribution is -0.320. The summed E-state index contributed by atoms with van der Waals surface area (Å²) in [6.45, 7) is 5.84. The molecular weight excluding hydrogens is 194 g/mol. The topological polar surface area (TPSA) is 72.4 Å². The van der Waals surface area contributed by atoms with Gasteiger partial charge in [0, 0.05) is 16.5 Å². The maximum absolute atomic E-state index is 11.3. The zero-order chi connectivity index (χ0) is 11.5. The zero-order valence-electron chi connectivity index (χ0n) is 9.26. The minimum atomic E-state index is -1.04. The van der Waals surface area contributed by atoms with Gasteiger partial charge < -0.3 is 9.90 Å². The molecule has 2 aliphatic carbocycles. The number of rotatable bonds is 2. The molecule has 0 aromatic rings. The van der Waals surface area contributed by atoms with Crippen LogP contribution in [0.2, 0.25) is 0 Å². The van der Waals surface area contributed by atoms with Crippen LogP contribution in [0.1, 0.15) is 33.6 Å². The highest BCUT2D eigenvalue weighted by Gasteiger charge is 2.66. The van der Waals surface area contributed by atoms with E-state index in [1.54, 1.807) is 6.08 Å². The quantitative estimate of drug-likeness (QED) is 0.648. The minimum Gasteiger partial charge on any atom is -0.549 e. The van der Waals surface area contributed by atoms with Crippen molar-refractivity contribution in [1.29, 1.82) is 0 Å². The molecule has 2 bridgehead atoms.